The zero-order valence-corrected chi connectivity index (χ0v) is 22.0. The van der Waals surface area contributed by atoms with Crippen molar-refractivity contribution in [3.63, 3.8) is 0 Å². The van der Waals surface area contributed by atoms with Gasteiger partial charge < -0.3 is 8.85 Å². The lowest BCUT2D eigenvalue weighted by molar-refractivity contribution is 0.143. The SMILES string of the molecule is C=C[Si](C)(OCCCCCCCCCCCCCCC)OCC(C)CC(C)(C)C. The summed E-state index contributed by atoms with van der Waals surface area (Å²) in [6.45, 7) is 19.1. The van der Waals surface area contributed by atoms with Crippen molar-refractivity contribution in [1.29, 1.82) is 0 Å². The van der Waals surface area contributed by atoms with Crippen LogP contribution in [0.5, 0.6) is 0 Å². The molecule has 3 heteroatoms. The normalized spacial score (nSPS) is 15.2. The van der Waals surface area contributed by atoms with E-state index in [1.165, 1.54) is 83.5 Å². The van der Waals surface area contributed by atoms with E-state index in [1.54, 1.807) is 0 Å². The standard InChI is InChI=1S/C26H54O2Si/c1-8-10-11-12-13-14-15-16-17-18-19-20-21-22-27-29(7,9-2)28-24-25(3)23-26(4,5)6/h9,25H,2,8,10-24H2,1,3-7H3. The van der Waals surface area contributed by atoms with E-state index >= 15 is 0 Å². The van der Waals surface area contributed by atoms with E-state index in [1.807, 2.05) is 5.70 Å². The lowest BCUT2D eigenvalue weighted by Crippen LogP contribution is -2.38. The van der Waals surface area contributed by atoms with Gasteiger partial charge in [0.15, 0.2) is 0 Å². The second-order valence-electron chi connectivity index (χ2n) is 10.5. The van der Waals surface area contributed by atoms with Crippen LogP contribution < -0.4 is 0 Å². The average molecular weight is 427 g/mol. The van der Waals surface area contributed by atoms with Crippen molar-refractivity contribution in [2.75, 3.05) is 13.2 Å². The zero-order valence-electron chi connectivity index (χ0n) is 21.0. The molecule has 0 saturated carbocycles. The minimum Gasteiger partial charge on any atom is -0.391 e. The minimum absolute atomic E-state index is 0.352. The maximum Gasteiger partial charge on any atom is 0.361 e. The van der Waals surface area contributed by atoms with Crippen LogP contribution in [0.25, 0.3) is 0 Å². The quantitative estimate of drug-likeness (QED) is 0.143. The van der Waals surface area contributed by atoms with Gasteiger partial charge in [0, 0.05) is 13.2 Å². The molecule has 0 heterocycles. The van der Waals surface area contributed by atoms with Gasteiger partial charge in [-0.05, 0) is 36.4 Å². The lowest BCUT2D eigenvalue weighted by Gasteiger charge is -2.28. The molecule has 0 N–H and O–H groups in total. The summed E-state index contributed by atoms with van der Waals surface area (Å²) >= 11 is 0. The fourth-order valence-corrected chi connectivity index (χ4v) is 5.45. The van der Waals surface area contributed by atoms with Gasteiger partial charge in [-0.25, -0.2) is 0 Å². The van der Waals surface area contributed by atoms with Gasteiger partial charge in [-0.3, -0.25) is 0 Å². The number of rotatable bonds is 20. The van der Waals surface area contributed by atoms with Crippen LogP contribution in [0, 0.1) is 11.3 Å². The molecule has 0 aromatic heterocycles. The van der Waals surface area contributed by atoms with E-state index < -0.39 is 8.56 Å². The zero-order chi connectivity index (χ0) is 22.0. The summed E-state index contributed by atoms with van der Waals surface area (Å²) < 4.78 is 12.4. The van der Waals surface area contributed by atoms with Crippen molar-refractivity contribution in [1.82, 2.24) is 0 Å². The molecule has 2 atom stereocenters. The highest BCUT2D eigenvalue weighted by atomic mass is 28.4. The van der Waals surface area contributed by atoms with Crippen molar-refractivity contribution >= 4 is 8.56 Å². The van der Waals surface area contributed by atoms with Crippen LogP contribution in [0.15, 0.2) is 12.3 Å². The largest absolute Gasteiger partial charge is 0.391 e. The Kier molecular flexibility index (Phi) is 17.5. The number of unbranched alkanes of at least 4 members (excludes halogenated alkanes) is 12. The Morgan fingerprint density at radius 2 is 1.24 bits per heavy atom. The molecule has 174 valence electrons. The van der Waals surface area contributed by atoms with E-state index in [0.717, 1.165) is 19.6 Å². The Bertz CT molecular complexity index is 377. The molecule has 29 heavy (non-hydrogen) atoms. The third-order valence-electron chi connectivity index (χ3n) is 5.62. The van der Waals surface area contributed by atoms with Gasteiger partial charge in [0.1, 0.15) is 0 Å². The Labute approximate surface area is 185 Å². The first-order valence-electron chi connectivity index (χ1n) is 12.6. The Morgan fingerprint density at radius 3 is 1.66 bits per heavy atom. The molecule has 0 radical (unpaired) electrons. The molecule has 0 saturated heterocycles. The average Bonchev–Trinajstić information content (AvgIpc) is 2.65. The van der Waals surface area contributed by atoms with Gasteiger partial charge >= 0.3 is 8.56 Å². The van der Waals surface area contributed by atoms with Crippen LogP contribution in [0.4, 0.5) is 0 Å². The molecule has 0 aromatic rings. The molecule has 0 aromatic carbocycles. The highest BCUT2D eigenvalue weighted by molar-refractivity contribution is 6.71. The molecule has 0 aliphatic carbocycles. The Hall–Kier alpha value is -0.123. The highest BCUT2D eigenvalue weighted by Crippen LogP contribution is 2.25. The molecule has 0 spiro atoms. The first kappa shape index (κ1) is 28.9. The molecular formula is C26H54O2Si. The molecular weight excluding hydrogens is 372 g/mol. The predicted molar refractivity (Wildman–Crippen MR) is 133 cm³/mol. The van der Waals surface area contributed by atoms with Crippen molar-refractivity contribution in [2.24, 2.45) is 11.3 Å². The molecule has 0 rings (SSSR count). The fourth-order valence-electron chi connectivity index (χ4n) is 3.97. The first-order valence-corrected chi connectivity index (χ1v) is 15.0. The minimum atomic E-state index is -2.20. The van der Waals surface area contributed by atoms with Crippen LogP contribution in [-0.2, 0) is 8.85 Å². The summed E-state index contributed by atoms with van der Waals surface area (Å²) in [6.07, 6.45) is 19.1. The van der Waals surface area contributed by atoms with Gasteiger partial charge in [0.05, 0.1) is 0 Å². The van der Waals surface area contributed by atoms with Crippen molar-refractivity contribution in [2.45, 2.75) is 131 Å². The number of hydrogen-bond acceptors (Lipinski definition) is 2. The van der Waals surface area contributed by atoms with Gasteiger partial charge in [0.2, 0.25) is 0 Å². The van der Waals surface area contributed by atoms with Gasteiger partial charge in [-0.1, -0.05) is 112 Å². The third kappa shape index (κ3) is 19.6. The maximum atomic E-state index is 6.20. The van der Waals surface area contributed by atoms with Crippen LogP contribution in [0.2, 0.25) is 6.55 Å². The van der Waals surface area contributed by atoms with Crippen LogP contribution >= 0.6 is 0 Å². The molecule has 0 fully saturated rings. The van der Waals surface area contributed by atoms with E-state index in [-0.39, 0.29) is 0 Å². The second-order valence-corrected chi connectivity index (χ2v) is 13.5. The molecule has 2 unspecified atom stereocenters. The maximum absolute atomic E-state index is 6.20. The van der Waals surface area contributed by atoms with Gasteiger partial charge in [-0.15, -0.1) is 6.58 Å². The summed E-state index contributed by atoms with van der Waals surface area (Å²) in [4.78, 5) is 0. The van der Waals surface area contributed by atoms with Crippen LogP contribution in [-0.4, -0.2) is 21.8 Å². The Morgan fingerprint density at radius 1 is 0.793 bits per heavy atom. The summed E-state index contributed by atoms with van der Waals surface area (Å²) in [6, 6.07) is 0. The number of hydrogen-bond donors (Lipinski definition) is 0. The fraction of sp³-hybridized carbons (Fsp3) is 0.923. The van der Waals surface area contributed by atoms with Gasteiger partial charge in [-0.2, -0.15) is 0 Å². The summed E-state index contributed by atoms with van der Waals surface area (Å²) in [5.41, 5.74) is 2.30. The van der Waals surface area contributed by atoms with E-state index in [0.29, 0.717) is 11.3 Å². The molecule has 0 aliphatic rings. The monoisotopic (exact) mass is 426 g/mol. The molecule has 0 aliphatic heterocycles. The molecule has 0 bridgehead atoms. The van der Waals surface area contributed by atoms with E-state index in [2.05, 4.69) is 47.7 Å². The predicted octanol–water partition coefficient (Wildman–Crippen LogP) is 8.98. The smallest absolute Gasteiger partial charge is 0.361 e. The molecule has 0 amide bonds. The van der Waals surface area contributed by atoms with Crippen LogP contribution in [0.1, 0.15) is 125 Å². The second kappa shape index (κ2) is 17.5. The summed E-state index contributed by atoms with van der Waals surface area (Å²) in [7, 11) is -2.20. The van der Waals surface area contributed by atoms with Gasteiger partial charge in [0.25, 0.3) is 0 Å². The Balaban J connectivity index is 3.60. The highest BCUT2D eigenvalue weighted by Gasteiger charge is 2.28. The van der Waals surface area contributed by atoms with E-state index in [4.69, 9.17) is 8.85 Å². The first-order chi connectivity index (χ1) is 13.7. The van der Waals surface area contributed by atoms with Crippen molar-refractivity contribution in [3.8, 4) is 0 Å². The van der Waals surface area contributed by atoms with Crippen LogP contribution in [0.3, 0.4) is 0 Å². The molecule has 2 nitrogen and oxygen atoms in total. The van der Waals surface area contributed by atoms with E-state index in [9.17, 15) is 0 Å². The lowest BCUT2D eigenvalue weighted by atomic mass is 9.86. The van der Waals surface area contributed by atoms with Crippen molar-refractivity contribution in [3.05, 3.63) is 12.3 Å². The summed E-state index contributed by atoms with van der Waals surface area (Å²) in [5.74, 6) is 0.557. The van der Waals surface area contributed by atoms with Crippen molar-refractivity contribution < 1.29 is 8.85 Å². The summed E-state index contributed by atoms with van der Waals surface area (Å²) in [5, 5.41) is 0. The topological polar surface area (TPSA) is 18.5 Å². The third-order valence-corrected chi connectivity index (χ3v) is 7.88.